The van der Waals surface area contributed by atoms with Gasteiger partial charge < -0.3 is 14.2 Å². The van der Waals surface area contributed by atoms with Gasteiger partial charge in [-0.2, -0.15) is 5.10 Å². The van der Waals surface area contributed by atoms with E-state index in [1.165, 1.54) is 43.7 Å². The summed E-state index contributed by atoms with van der Waals surface area (Å²) in [6, 6.07) is 16.5. The molecule has 8 heteroatoms. The van der Waals surface area contributed by atoms with Gasteiger partial charge in [-0.15, -0.1) is 0 Å². The van der Waals surface area contributed by atoms with Crippen molar-refractivity contribution >= 4 is 18.1 Å². The molecule has 0 spiro atoms. The van der Waals surface area contributed by atoms with Crippen LogP contribution in [0.2, 0.25) is 0 Å². The minimum atomic E-state index is -0.646. The fourth-order valence-corrected chi connectivity index (χ4v) is 2.69. The summed E-state index contributed by atoms with van der Waals surface area (Å²) in [5.74, 6) is -0.301. The number of nitrogens with one attached hydrogen (secondary N) is 1. The van der Waals surface area contributed by atoms with E-state index < -0.39 is 11.8 Å². The Labute approximate surface area is 184 Å². The van der Waals surface area contributed by atoms with Gasteiger partial charge in [0.15, 0.2) is 11.5 Å². The molecule has 0 aliphatic heterocycles. The van der Waals surface area contributed by atoms with E-state index in [0.29, 0.717) is 29.2 Å². The number of methoxy groups -OCH3 is 1. The average molecular weight is 436 g/mol. The van der Waals surface area contributed by atoms with Crippen LogP contribution in [0.25, 0.3) is 0 Å². The number of hydrogen-bond donors (Lipinski definition) is 1. The molecule has 1 amide bonds. The number of hydrazone groups is 1. The molecule has 0 aromatic heterocycles. The molecule has 3 rings (SSSR count). The van der Waals surface area contributed by atoms with E-state index in [1.54, 1.807) is 36.4 Å². The van der Waals surface area contributed by atoms with Crippen LogP contribution in [0.4, 0.5) is 4.39 Å². The number of amides is 1. The van der Waals surface area contributed by atoms with Gasteiger partial charge in [0.2, 0.25) is 0 Å². The lowest BCUT2D eigenvalue weighted by Crippen LogP contribution is -2.17. The lowest BCUT2D eigenvalue weighted by Gasteiger charge is -2.10. The Kier molecular flexibility index (Phi) is 7.53. The maximum atomic E-state index is 13.0. The van der Waals surface area contributed by atoms with E-state index in [9.17, 15) is 14.0 Å². The first kappa shape index (κ1) is 22.5. The molecule has 0 aliphatic carbocycles. The predicted octanol–water partition coefficient (Wildman–Crippen LogP) is 4.22. The van der Waals surface area contributed by atoms with Gasteiger partial charge in [-0.1, -0.05) is 0 Å². The van der Waals surface area contributed by atoms with Crippen molar-refractivity contribution in [2.75, 3.05) is 13.7 Å². The molecule has 0 unspecified atom stereocenters. The molecule has 0 atom stereocenters. The number of carbonyl (C=O) groups excluding carboxylic acids is 2. The Bertz CT molecular complexity index is 1110. The van der Waals surface area contributed by atoms with Gasteiger partial charge in [0.05, 0.1) is 25.5 Å². The number of halogens is 1. The van der Waals surface area contributed by atoms with Crippen molar-refractivity contribution in [1.29, 1.82) is 0 Å². The number of nitrogens with zero attached hydrogens (tertiary/aromatic N) is 1. The summed E-state index contributed by atoms with van der Waals surface area (Å²) in [6.07, 6.45) is 1.43. The Morgan fingerprint density at radius 1 is 0.969 bits per heavy atom. The van der Waals surface area contributed by atoms with Gasteiger partial charge in [-0.3, -0.25) is 4.79 Å². The van der Waals surface area contributed by atoms with Crippen LogP contribution < -0.4 is 19.6 Å². The van der Waals surface area contributed by atoms with Gasteiger partial charge in [0, 0.05) is 5.56 Å². The highest BCUT2D eigenvalue weighted by Crippen LogP contribution is 2.28. The molecular weight excluding hydrogens is 415 g/mol. The number of hydrogen-bond acceptors (Lipinski definition) is 6. The third kappa shape index (κ3) is 5.91. The van der Waals surface area contributed by atoms with Crippen LogP contribution in [0, 0.1) is 5.82 Å². The van der Waals surface area contributed by atoms with Crippen molar-refractivity contribution < 1.29 is 28.2 Å². The number of rotatable bonds is 8. The Hall–Kier alpha value is -4.20. The maximum absolute atomic E-state index is 13.0. The number of carbonyl (C=O) groups is 2. The number of esters is 1. The van der Waals surface area contributed by atoms with Crippen LogP contribution in [-0.4, -0.2) is 31.8 Å². The van der Waals surface area contributed by atoms with E-state index in [-0.39, 0.29) is 17.2 Å². The third-order valence-electron chi connectivity index (χ3n) is 4.28. The molecule has 0 aliphatic rings. The number of ether oxygens (including phenoxy) is 3. The smallest absolute Gasteiger partial charge is 0.343 e. The SMILES string of the molecule is CCOc1ccc(C(=O)N/N=C/c2ccc(OC(=O)c3ccc(F)cc3)c(OC)c2)cc1. The minimum Gasteiger partial charge on any atom is -0.494 e. The summed E-state index contributed by atoms with van der Waals surface area (Å²) < 4.78 is 29.0. The standard InChI is InChI=1S/C24H21FN2O5/c1-3-31-20-11-7-17(8-12-20)23(28)27-26-15-16-4-13-21(22(14-16)30-2)32-24(29)18-5-9-19(25)10-6-18/h4-15H,3H2,1-2H3,(H,27,28)/b26-15+. The van der Waals surface area contributed by atoms with E-state index in [2.05, 4.69) is 10.5 Å². The van der Waals surface area contributed by atoms with Gasteiger partial charge in [0.25, 0.3) is 5.91 Å². The molecule has 3 aromatic rings. The fraction of sp³-hybridized carbons (Fsp3) is 0.125. The summed E-state index contributed by atoms with van der Waals surface area (Å²) >= 11 is 0. The Morgan fingerprint density at radius 3 is 2.31 bits per heavy atom. The second-order valence-electron chi connectivity index (χ2n) is 6.46. The minimum absolute atomic E-state index is 0.192. The van der Waals surface area contributed by atoms with Crippen LogP contribution >= 0.6 is 0 Å². The third-order valence-corrected chi connectivity index (χ3v) is 4.28. The molecule has 0 fully saturated rings. The molecule has 0 heterocycles. The predicted molar refractivity (Wildman–Crippen MR) is 117 cm³/mol. The lowest BCUT2D eigenvalue weighted by molar-refractivity contribution is 0.0729. The molecule has 0 saturated carbocycles. The zero-order valence-corrected chi connectivity index (χ0v) is 17.5. The van der Waals surface area contributed by atoms with Gasteiger partial charge in [-0.05, 0) is 79.2 Å². The van der Waals surface area contributed by atoms with E-state index >= 15 is 0 Å². The van der Waals surface area contributed by atoms with Crippen molar-refractivity contribution in [3.63, 3.8) is 0 Å². The van der Waals surface area contributed by atoms with Crippen molar-refractivity contribution in [2.24, 2.45) is 5.10 Å². The molecule has 32 heavy (non-hydrogen) atoms. The second-order valence-corrected chi connectivity index (χ2v) is 6.46. The van der Waals surface area contributed by atoms with E-state index in [1.807, 2.05) is 6.92 Å². The van der Waals surface area contributed by atoms with Crippen molar-refractivity contribution in [3.8, 4) is 17.2 Å². The van der Waals surface area contributed by atoms with Gasteiger partial charge >= 0.3 is 5.97 Å². The molecule has 7 nitrogen and oxygen atoms in total. The van der Waals surface area contributed by atoms with Crippen LogP contribution in [0.15, 0.2) is 71.8 Å². The highest BCUT2D eigenvalue weighted by atomic mass is 19.1. The van der Waals surface area contributed by atoms with Crippen molar-refractivity contribution in [2.45, 2.75) is 6.92 Å². The van der Waals surface area contributed by atoms with Crippen LogP contribution in [0.5, 0.6) is 17.2 Å². The first-order valence-corrected chi connectivity index (χ1v) is 9.72. The van der Waals surface area contributed by atoms with Crippen LogP contribution in [-0.2, 0) is 0 Å². The highest BCUT2D eigenvalue weighted by molar-refractivity contribution is 5.95. The average Bonchev–Trinajstić information content (AvgIpc) is 2.81. The number of benzene rings is 3. The Morgan fingerprint density at radius 2 is 1.66 bits per heavy atom. The summed E-state index contributed by atoms with van der Waals surface area (Å²) in [5, 5.41) is 3.94. The lowest BCUT2D eigenvalue weighted by atomic mass is 10.2. The molecule has 3 aromatic carbocycles. The first-order valence-electron chi connectivity index (χ1n) is 9.72. The summed E-state index contributed by atoms with van der Waals surface area (Å²) in [7, 11) is 1.43. The van der Waals surface area contributed by atoms with Gasteiger partial charge in [-0.25, -0.2) is 14.6 Å². The van der Waals surface area contributed by atoms with Crippen LogP contribution in [0.1, 0.15) is 33.2 Å². The first-order chi connectivity index (χ1) is 15.5. The van der Waals surface area contributed by atoms with E-state index in [0.717, 1.165) is 0 Å². The topological polar surface area (TPSA) is 86.2 Å². The largest absolute Gasteiger partial charge is 0.494 e. The monoisotopic (exact) mass is 436 g/mol. The van der Waals surface area contributed by atoms with Crippen LogP contribution in [0.3, 0.4) is 0 Å². The van der Waals surface area contributed by atoms with Gasteiger partial charge in [0.1, 0.15) is 11.6 Å². The van der Waals surface area contributed by atoms with Crippen molar-refractivity contribution in [3.05, 3.63) is 89.2 Å². The normalized spacial score (nSPS) is 10.6. The van der Waals surface area contributed by atoms with E-state index in [4.69, 9.17) is 14.2 Å². The molecule has 0 saturated heterocycles. The summed E-state index contributed by atoms with van der Waals surface area (Å²) in [5.41, 5.74) is 3.69. The maximum Gasteiger partial charge on any atom is 0.343 e. The molecular formula is C24H21FN2O5. The molecule has 164 valence electrons. The quantitative estimate of drug-likeness (QED) is 0.247. The second kappa shape index (κ2) is 10.7. The summed E-state index contributed by atoms with van der Waals surface area (Å²) in [4.78, 5) is 24.4. The summed E-state index contributed by atoms with van der Waals surface area (Å²) in [6.45, 7) is 2.43. The highest BCUT2D eigenvalue weighted by Gasteiger charge is 2.13. The zero-order valence-electron chi connectivity index (χ0n) is 17.5. The Balaban J connectivity index is 1.63. The molecule has 0 bridgehead atoms. The zero-order chi connectivity index (χ0) is 22.9. The molecule has 0 radical (unpaired) electrons. The molecule has 1 N–H and O–H groups in total. The van der Waals surface area contributed by atoms with Crippen molar-refractivity contribution in [1.82, 2.24) is 5.43 Å². The fourth-order valence-electron chi connectivity index (χ4n) is 2.69.